The van der Waals surface area contributed by atoms with E-state index in [9.17, 15) is 0 Å². The Labute approximate surface area is 108 Å². The van der Waals surface area contributed by atoms with Gasteiger partial charge in [-0.1, -0.05) is 40.2 Å². The van der Waals surface area contributed by atoms with Crippen LogP contribution in [-0.4, -0.2) is 4.98 Å². The maximum Gasteiger partial charge on any atom is 0.101 e. The van der Waals surface area contributed by atoms with Gasteiger partial charge in [0.15, 0.2) is 0 Å². The molecule has 2 aromatic rings. The van der Waals surface area contributed by atoms with Gasteiger partial charge in [-0.15, -0.1) is 0 Å². The molecule has 0 spiro atoms. The van der Waals surface area contributed by atoms with Crippen molar-refractivity contribution in [2.45, 2.75) is 0 Å². The first-order valence-corrected chi connectivity index (χ1v) is 5.86. The van der Waals surface area contributed by atoms with E-state index in [0.29, 0.717) is 5.56 Å². The van der Waals surface area contributed by atoms with Crippen molar-refractivity contribution in [3.63, 3.8) is 0 Å². The summed E-state index contributed by atoms with van der Waals surface area (Å²) in [6.45, 7) is 0. The fourth-order valence-corrected chi connectivity index (χ4v) is 1.83. The van der Waals surface area contributed by atoms with Crippen LogP contribution >= 0.6 is 15.9 Å². The summed E-state index contributed by atoms with van der Waals surface area (Å²) in [5, 5.41) is 8.76. The fourth-order valence-electron chi connectivity index (χ4n) is 1.41. The number of aromatic nitrogens is 1. The van der Waals surface area contributed by atoms with Crippen LogP contribution in [-0.2, 0) is 0 Å². The van der Waals surface area contributed by atoms with Crippen LogP contribution in [0, 0.1) is 11.3 Å². The van der Waals surface area contributed by atoms with Gasteiger partial charge in [0.2, 0.25) is 0 Å². The molecule has 1 heterocycles. The number of nitriles is 1. The van der Waals surface area contributed by atoms with Crippen LogP contribution in [0.2, 0.25) is 0 Å². The van der Waals surface area contributed by atoms with Crippen LogP contribution in [0.25, 0.3) is 12.2 Å². The standard InChI is InChI=1S/C14H9BrN2/c15-14-3-1-2-11(7-14)4-5-12-6-13(8-16)10-17-9-12/h1-7,9-10H. The molecule has 0 amide bonds. The molecular weight excluding hydrogens is 276 g/mol. The zero-order chi connectivity index (χ0) is 12.1. The van der Waals surface area contributed by atoms with E-state index in [1.54, 1.807) is 12.4 Å². The lowest BCUT2D eigenvalue weighted by Crippen LogP contribution is -1.80. The van der Waals surface area contributed by atoms with Crippen LogP contribution in [0.1, 0.15) is 16.7 Å². The van der Waals surface area contributed by atoms with Gasteiger partial charge in [0, 0.05) is 16.9 Å². The smallest absolute Gasteiger partial charge is 0.101 e. The number of hydrogen-bond donors (Lipinski definition) is 0. The summed E-state index contributed by atoms with van der Waals surface area (Å²) in [4.78, 5) is 4.00. The molecule has 0 saturated heterocycles. The Morgan fingerprint density at radius 1 is 1.12 bits per heavy atom. The van der Waals surface area contributed by atoms with Gasteiger partial charge in [0.25, 0.3) is 0 Å². The molecule has 0 radical (unpaired) electrons. The molecule has 0 saturated carbocycles. The maximum atomic E-state index is 8.76. The predicted octanol–water partition coefficient (Wildman–Crippen LogP) is 3.89. The largest absolute Gasteiger partial charge is 0.263 e. The van der Waals surface area contributed by atoms with E-state index in [0.717, 1.165) is 15.6 Å². The molecule has 2 nitrogen and oxygen atoms in total. The Hall–Kier alpha value is -1.92. The summed E-state index contributed by atoms with van der Waals surface area (Å²) in [5.74, 6) is 0. The van der Waals surface area contributed by atoms with Gasteiger partial charge in [-0.2, -0.15) is 5.26 Å². The zero-order valence-corrected chi connectivity index (χ0v) is 10.6. The Kier molecular flexibility index (Phi) is 3.69. The molecule has 0 atom stereocenters. The predicted molar refractivity (Wildman–Crippen MR) is 72.0 cm³/mol. The molecule has 0 bridgehead atoms. The molecule has 2 rings (SSSR count). The Bertz CT molecular complexity index is 597. The van der Waals surface area contributed by atoms with Crippen molar-refractivity contribution in [3.8, 4) is 6.07 Å². The van der Waals surface area contributed by atoms with E-state index in [1.165, 1.54) is 0 Å². The minimum absolute atomic E-state index is 0.571. The molecule has 3 heteroatoms. The maximum absolute atomic E-state index is 8.76. The number of pyridine rings is 1. The number of nitrogens with zero attached hydrogens (tertiary/aromatic N) is 2. The van der Waals surface area contributed by atoms with Crippen molar-refractivity contribution in [2.24, 2.45) is 0 Å². The quantitative estimate of drug-likeness (QED) is 0.839. The third kappa shape index (κ3) is 3.27. The van der Waals surface area contributed by atoms with Crippen LogP contribution in [0.3, 0.4) is 0 Å². The van der Waals surface area contributed by atoms with Crippen molar-refractivity contribution in [3.05, 3.63) is 63.9 Å². The van der Waals surface area contributed by atoms with Crippen molar-refractivity contribution in [1.82, 2.24) is 4.98 Å². The highest BCUT2D eigenvalue weighted by Gasteiger charge is 1.93. The fraction of sp³-hybridized carbons (Fsp3) is 0. The molecular formula is C14H9BrN2. The third-order valence-electron chi connectivity index (χ3n) is 2.21. The second-order valence-electron chi connectivity index (χ2n) is 3.51. The van der Waals surface area contributed by atoms with E-state index < -0.39 is 0 Å². The van der Waals surface area contributed by atoms with E-state index in [4.69, 9.17) is 5.26 Å². The van der Waals surface area contributed by atoms with E-state index in [2.05, 4.69) is 27.0 Å². The second kappa shape index (κ2) is 5.42. The third-order valence-corrected chi connectivity index (χ3v) is 2.70. The monoisotopic (exact) mass is 284 g/mol. The molecule has 0 N–H and O–H groups in total. The average molecular weight is 285 g/mol. The average Bonchev–Trinajstić information content (AvgIpc) is 2.37. The molecule has 0 unspecified atom stereocenters. The molecule has 1 aromatic heterocycles. The lowest BCUT2D eigenvalue weighted by atomic mass is 10.1. The Morgan fingerprint density at radius 3 is 2.71 bits per heavy atom. The molecule has 0 fully saturated rings. The molecule has 82 valence electrons. The summed E-state index contributed by atoms with van der Waals surface area (Å²) < 4.78 is 1.04. The minimum Gasteiger partial charge on any atom is -0.263 e. The first-order valence-electron chi connectivity index (χ1n) is 5.07. The molecule has 1 aromatic carbocycles. The first-order chi connectivity index (χ1) is 8.28. The van der Waals surface area contributed by atoms with Crippen molar-refractivity contribution in [1.29, 1.82) is 5.26 Å². The highest BCUT2D eigenvalue weighted by Crippen LogP contribution is 2.14. The minimum atomic E-state index is 0.571. The number of benzene rings is 1. The molecule has 0 aliphatic rings. The Balaban J connectivity index is 2.23. The van der Waals surface area contributed by atoms with E-state index in [-0.39, 0.29) is 0 Å². The van der Waals surface area contributed by atoms with Crippen molar-refractivity contribution >= 4 is 28.1 Å². The lowest BCUT2D eigenvalue weighted by molar-refractivity contribution is 1.29. The van der Waals surface area contributed by atoms with Crippen LogP contribution in [0.15, 0.2) is 47.2 Å². The van der Waals surface area contributed by atoms with E-state index >= 15 is 0 Å². The Morgan fingerprint density at radius 2 is 1.94 bits per heavy atom. The summed E-state index contributed by atoms with van der Waals surface area (Å²) in [7, 11) is 0. The van der Waals surface area contributed by atoms with Gasteiger partial charge in [0.05, 0.1) is 5.56 Å². The highest BCUT2D eigenvalue weighted by atomic mass is 79.9. The number of hydrogen-bond acceptors (Lipinski definition) is 2. The second-order valence-corrected chi connectivity index (χ2v) is 4.42. The lowest BCUT2D eigenvalue weighted by Gasteiger charge is -1.95. The van der Waals surface area contributed by atoms with E-state index in [1.807, 2.05) is 42.5 Å². The number of halogens is 1. The number of rotatable bonds is 2. The van der Waals surface area contributed by atoms with Crippen LogP contribution in [0.4, 0.5) is 0 Å². The summed E-state index contributed by atoms with van der Waals surface area (Å²) in [5.41, 5.74) is 2.59. The van der Waals surface area contributed by atoms with Crippen LogP contribution in [0.5, 0.6) is 0 Å². The molecule has 0 aliphatic carbocycles. The van der Waals surface area contributed by atoms with Crippen molar-refractivity contribution < 1.29 is 0 Å². The van der Waals surface area contributed by atoms with Gasteiger partial charge in [-0.05, 0) is 29.3 Å². The van der Waals surface area contributed by atoms with Gasteiger partial charge < -0.3 is 0 Å². The highest BCUT2D eigenvalue weighted by molar-refractivity contribution is 9.10. The topological polar surface area (TPSA) is 36.7 Å². The zero-order valence-electron chi connectivity index (χ0n) is 8.97. The summed E-state index contributed by atoms with van der Waals surface area (Å²) in [6.07, 6.45) is 7.21. The van der Waals surface area contributed by atoms with Crippen molar-refractivity contribution in [2.75, 3.05) is 0 Å². The van der Waals surface area contributed by atoms with Gasteiger partial charge in [0.1, 0.15) is 6.07 Å². The summed E-state index contributed by atoms with van der Waals surface area (Å²) >= 11 is 3.42. The SMILES string of the molecule is N#Cc1cncc(C=Cc2cccc(Br)c2)c1. The molecule has 0 aliphatic heterocycles. The van der Waals surface area contributed by atoms with Gasteiger partial charge >= 0.3 is 0 Å². The summed E-state index contributed by atoms with van der Waals surface area (Å²) in [6, 6.07) is 11.9. The van der Waals surface area contributed by atoms with Crippen LogP contribution < -0.4 is 0 Å². The normalized spacial score (nSPS) is 10.4. The van der Waals surface area contributed by atoms with Gasteiger partial charge in [-0.25, -0.2) is 0 Å². The van der Waals surface area contributed by atoms with Gasteiger partial charge in [-0.3, -0.25) is 4.98 Å². The first kappa shape index (κ1) is 11.6. The molecule has 17 heavy (non-hydrogen) atoms.